The van der Waals surface area contributed by atoms with Crippen LogP contribution in [-0.2, 0) is 16.2 Å². The maximum Gasteiger partial charge on any atom is 0.416 e. The van der Waals surface area contributed by atoms with E-state index in [0.717, 1.165) is 18.2 Å². The number of hydrogen-bond acceptors (Lipinski definition) is 4. The minimum absolute atomic E-state index is 0.0964. The number of carbonyl (C=O) groups excluding carboxylic acids is 1. The van der Waals surface area contributed by atoms with Crippen molar-refractivity contribution < 1.29 is 26.4 Å². The molecule has 0 atom stereocenters. The SMILES string of the molecule is CN1CCN(S(=O)(=O)c2ccc(NC(=O)c3cccc(C(F)(F)F)c3)cc2)CC1. The van der Waals surface area contributed by atoms with Gasteiger partial charge in [0.25, 0.3) is 5.91 Å². The highest BCUT2D eigenvalue weighted by Crippen LogP contribution is 2.29. The second kappa shape index (κ2) is 8.13. The lowest BCUT2D eigenvalue weighted by Gasteiger charge is -2.31. The molecule has 1 aliphatic rings. The fourth-order valence-corrected chi connectivity index (χ4v) is 4.35. The van der Waals surface area contributed by atoms with E-state index in [1.165, 1.54) is 34.6 Å². The minimum Gasteiger partial charge on any atom is -0.322 e. The summed E-state index contributed by atoms with van der Waals surface area (Å²) >= 11 is 0. The van der Waals surface area contributed by atoms with E-state index in [0.29, 0.717) is 26.2 Å². The molecule has 1 fully saturated rings. The average molecular weight is 427 g/mol. The first kappa shape index (κ1) is 21.3. The molecule has 2 aromatic carbocycles. The molecular weight excluding hydrogens is 407 g/mol. The molecule has 0 radical (unpaired) electrons. The lowest BCUT2D eigenvalue weighted by atomic mass is 10.1. The molecule has 10 heteroatoms. The van der Waals surface area contributed by atoms with Crippen molar-refractivity contribution in [2.75, 3.05) is 38.5 Å². The maximum atomic E-state index is 12.8. The van der Waals surface area contributed by atoms with Crippen LogP contribution >= 0.6 is 0 Å². The molecule has 0 spiro atoms. The van der Waals surface area contributed by atoms with Gasteiger partial charge in [0.2, 0.25) is 10.0 Å². The standard InChI is InChI=1S/C19H20F3N3O3S/c1-24-9-11-25(12-10-24)29(27,28)17-7-5-16(6-8-17)23-18(26)14-3-2-4-15(13-14)19(20,21)22/h2-8,13H,9-12H2,1H3,(H,23,26). The van der Waals surface area contributed by atoms with E-state index in [-0.39, 0.29) is 16.1 Å². The van der Waals surface area contributed by atoms with Crippen molar-refractivity contribution in [3.8, 4) is 0 Å². The first-order valence-corrected chi connectivity index (χ1v) is 10.3. The number of likely N-dealkylation sites (N-methyl/N-ethyl adjacent to an activating group) is 1. The van der Waals surface area contributed by atoms with Crippen molar-refractivity contribution in [1.82, 2.24) is 9.21 Å². The highest BCUT2D eigenvalue weighted by molar-refractivity contribution is 7.89. The van der Waals surface area contributed by atoms with Crippen LogP contribution in [0.25, 0.3) is 0 Å². The largest absolute Gasteiger partial charge is 0.416 e. The molecular formula is C19H20F3N3O3S. The van der Waals surface area contributed by atoms with Crippen LogP contribution in [0.3, 0.4) is 0 Å². The van der Waals surface area contributed by atoms with E-state index in [2.05, 4.69) is 5.32 Å². The molecule has 6 nitrogen and oxygen atoms in total. The summed E-state index contributed by atoms with van der Waals surface area (Å²) < 4.78 is 65.2. The van der Waals surface area contributed by atoms with E-state index in [1.54, 1.807) is 0 Å². The predicted octanol–water partition coefficient (Wildman–Crippen LogP) is 2.89. The van der Waals surface area contributed by atoms with Gasteiger partial charge < -0.3 is 10.2 Å². The summed E-state index contributed by atoms with van der Waals surface area (Å²) in [6.45, 7) is 2.08. The van der Waals surface area contributed by atoms with Gasteiger partial charge in [0.15, 0.2) is 0 Å². The maximum absolute atomic E-state index is 12.8. The van der Waals surface area contributed by atoms with Crippen LogP contribution in [0.1, 0.15) is 15.9 Å². The lowest BCUT2D eigenvalue weighted by Crippen LogP contribution is -2.46. The number of piperazine rings is 1. The lowest BCUT2D eigenvalue weighted by molar-refractivity contribution is -0.137. The van der Waals surface area contributed by atoms with Crippen molar-refractivity contribution in [3.63, 3.8) is 0 Å². The Balaban J connectivity index is 1.72. The van der Waals surface area contributed by atoms with Crippen LogP contribution in [0.2, 0.25) is 0 Å². The third-order valence-electron chi connectivity index (χ3n) is 4.66. The zero-order valence-electron chi connectivity index (χ0n) is 15.6. The smallest absolute Gasteiger partial charge is 0.322 e. The van der Waals surface area contributed by atoms with Gasteiger partial charge in [-0.3, -0.25) is 4.79 Å². The summed E-state index contributed by atoms with van der Waals surface area (Å²) in [4.78, 5) is 14.4. The van der Waals surface area contributed by atoms with Crippen molar-refractivity contribution in [1.29, 1.82) is 0 Å². The fraction of sp³-hybridized carbons (Fsp3) is 0.316. The first-order valence-electron chi connectivity index (χ1n) is 8.85. The number of anilines is 1. The molecule has 29 heavy (non-hydrogen) atoms. The monoisotopic (exact) mass is 427 g/mol. The van der Waals surface area contributed by atoms with Gasteiger partial charge in [-0.15, -0.1) is 0 Å². The van der Waals surface area contributed by atoms with E-state index < -0.39 is 27.7 Å². The summed E-state index contributed by atoms with van der Waals surface area (Å²) in [7, 11) is -1.71. The summed E-state index contributed by atoms with van der Waals surface area (Å²) in [5.41, 5.74) is -0.780. The van der Waals surface area contributed by atoms with Gasteiger partial charge in [-0.05, 0) is 49.5 Å². The van der Waals surface area contributed by atoms with Gasteiger partial charge in [-0.25, -0.2) is 8.42 Å². The summed E-state index contributed by atoms with van der Waals surface area (Å²) in [5.74, 6) is -0.717. The fourth-order valence-electron chi connectivity index (χ4n) is 2.93. The van der Waals surface area contributed by atoms with Crippen LogP contribution in [0, 0.1) is 0 Å². The van der Waals surface area contributed by atoms with Gasteiger partial charge in [0.05, 0.1) is 10.5 Å². The molecule has 1 aliphatic heterocycles. The van der Waals surface area contributed by atoms with Crippen LogP contribution < -0.4 is 5.32 Å². The molecule has 156 valence electrons. The Labute approximate surface area is 167 Å². The van der Waals surface area contributed by atoms with Crippen molar-refractivity contribution in [2.24, 2.45) is 0 Å². The second-order valence-corrected chi connectivity index (χ2v) is 8.70. The summed E-state index contributed by atoms with van der Waals surface area (Å²) in [6.07, 6.45) is -4.55. The normalized spacial score (nSPS) is 16.6. The van der Waals surface area contributed by atoms with E-state index >= 15 is 0 Å². The summed E-state index contributed by atoms with van der Waals surface area (Å²) in [5, 5.41) is 2.48. The first-order chi connectivity index (χ1) is 13.6. The Morgan fingerprint density at radius 1 is 1.00 bits per heavy atom. The molecule has 0 unspecified atom stereocenters. The molecule has 0 bridgehead atoms. The van der Waals surface area contributed by atoms with Crippen LogP contribution in [0.15, 0.2) is 53.4 Å². The molecule has 1 amide bonds. The van der Waals surface area contributed by atoms with Crippen LogP contribution in [0.4, 0.5) is 18.9 Å². The number of sulfonamides is 1. The minimum atomic E-state index is -4.55. The van der Waals surface area contributed by atoms with Crippen molar-refractivity contribution >= 4 is 21.6 Å². The number of alkyl halides is 3. The average Bonchev–Trinajstić information content (AvgIpc) is 2.68. The second-order valence-electron chi connectivity index (χ2n) is 6.76. The zero-order valence-corrected chi connectivity index (χ0v) is 16.4. The quantitative estimate of drug-likeness (QED) is 0.815. The van der Waals surface area contributed by atoms with Gasteiger partial charge >= 0.3 is 6.18 Å². The number of nitrogens with zero attached hydrogens (tertiary/aromatic N) is 2. The van der Waals surface area contributed by atoms with Crippen LogP contribution in [0.5, 0.6) is 0 Å². The third-order valence-corrected chi connectivity index (χ3v) is 6.58. The topological polar surface area (TPSA) is 69.7 Å². The van der Waals surface area contributed by atoms with Gasteiger partial charge in [-0.1, -0.05) is 6.07 Å². The summed E-state index contributed by atoms with van der Waals surface area (Å²) in [6, 6.07) is 9.64. The number of benzene rings is 2. The highest BCUT2D eigenvalue weighted by Gasteiger charge is 2.31. The van der Waals surface area contributed by atoms with E-state index in [1.807, 2.05) is 11.9 Å². The third kappa shape index (κ3) is 4.95. The molecule has 1 heterocycles. The zero-order chi connectivity index (χ0) is 21.2. The Kier molecular flexibility index (Phi) is 5.97. The number of halogens is 3. The number of rotatable bonds is 4. The Bertz CT molecular complexity index is 984. The molecule has 0 saturated carbocycles. The van der Waals surface area contributed by atoms with Crippen molar-refractivity contribution in [3.05, 3.63) is 59.7 Å². The number of amides is 1. The molecule has 1 saturated heterocycles. The molecule has 3 rings (SSSR count). The Hall–Kier alpha value is -2.43. The molecule has 0 aliphatic carbocycles. The van der Waals surface area contributed by atoms with Crippen molar-refractivity contribution in [2.45, 2.75) is 11.1 Å². The number of carbonyl (C=O) groups is 1. The molecule has 1 N–H and O–H groups in total. The highest BCUT2D eigenvalue weighted by atomic mass is 32.2. The Morgan fingerprint density at radius 3 is 2.21 bits per heavy atom. The van der Waals surface area contributed by atoms with Gasteiger partial charge in [0, 0.05) is 37.4 Å². The Morgan fingerprint density at radius 2 is 1.62 bits per heavy atom. The van der Waals surface area contributed by atoms with Crippen LogP contribution in [-0.4, -0.2) is 56.8 Å². The van der Waals surface area contributed by atoms with E-state index in [9.17, 15) is 26.4 Å². The predicted molar refractivity (Wildman–Crippen MR) is 102 cm³/mol. The number of nitrogens with one attached hydrogen (secondary N) is 1. The number of hydrogen-bond donors (Lipinski definition) is 1. The molecule has 0 aromatic heterocycles. The van der Waals surface area contributed by atoms with Gasteiger partial charge in [0.1, 0.15) is 0 Å². The van der Waals surface area contributed by atoms with Gasteiger partial charge in [-0.2, -0.15) is 17.5 Å². The molecule has 2 aromatic rings. The van der Waals surface area contributed by atoms with E-state index in [4.69, 9.17) is 0 Å².